The number of hydrogen-bond acceptors (Lipinski definition) is 1. The van der Waals surface area contributed by atoms with E-state index in [0.717, 1.165) is 19.3 Å². The number of carboxylic acids is 1. The second kappa shape index (κ2) is 17.4. The van der Waals surface area contributed by atoms with Crippen molar-refractivity contribution in [3.8, 4) is 5.69 Å². The van der Waals surface area contributed by atoms with Crippen molar-refractivity contribution in [3.63, 3.8) is 0 Å². The molecule has 0 saturated heterocycles. The van der Waals surface area contributed by atoms with Crippen LogP contribution in [-0.4, -0.2) is 16.1 Å². The molecule has 0 unspecified atom stereocenters. The van der Waals surface area contributed by atoms with Gasteiger partial charge in [0.1, 0.15) is 17.6 Å². The molecule has 33 heavy (non-hydrogen) atoms. The molecule has 184 valence electrons. The predicted molar refractivity (Wildman–Crippen MR) is 137 cm³/mol. The van der Waals surface area contributed by atoms with Crippen LogP contribution in [0, 0.1) is 6.92 Å². The topological polar surface area (TPSA) is 57.0 Å². The van der Waals surface area contributed by atoms with Gasteiger partial charge in [0.15, 0.2) is 0 Å². The van der Waals surface area contributed by atoms with Crippen LogP contribution in [0.4, 0.5) is 0 Å². The summed E-state index contributed by atoms with van der Waals surface area (Å²) in [5.74, 6) is 0.540. The van der Waals surface area contributed by atoms with Gasteiger partial charge in [0.05, 0.1) is 0 Å². The standard InChI is InChI=1S/C29H46N2O2/c1-26-30-25-28(31(26)27-21-18-16-19-22-27)23-17-14-12-10-8-6-4-2-3-5-7-9-11-13-15-20-24-29(32)33/h16,18-19,21-22,25H,2-15,17,20,23-24H2,1H3,(H,32,33)/p+1. The summed E-state index contributed by atoms with van der Waals surface area (Å²) < 4.78 is 2.35. The van der Waals surface area contributed by atoms with Crippen LogP contribution in [0.1, 0.15) is 121 Å². The Morgan fingerprint density at radius 1 is 0.727 bits per heavy atom. The van der Waals surface area contributed by atoms with Crippen molar-refractivity contribution in [2.75, 3.05) is 0 Å². The smallest absolute Gasteiger partial charge is 0.303 e. The molecule has 1 heterocycles. The van der Waals surface area contributed by atoms with E-state index in [0.29, 0.717) is 6.42 Å². The summed E-state index contributed by atoms with van der Waals surface area (Å²) in [6.45, 7) is 2.14. The zero-order valence-corrected chi connectivity index (χ0v) is 21.0. The van der Waals surface area contributed by atoms with E-state index in [-0.39, 0.29) is 0 Å². The maximum absolute atomic E-state index is 10.5. The minimum atomic E-state index is -0.658. The molecule has 0 saturated carbocycles. The zero-order valence-electron chi connectivity index (χ0n) is 21.0. The van der Waals surface area contributed by atoms with Crippen molar-refractivity contribution in [1.82, 2.24) is 4.98 Å². The lowest BCUT2D eigenvalue weighted by atomic mass is 10.0. The third kappa shape index (κ3) is 12.1. The highest BCUT2D eigenvalue weighted by Crippen LogP contribution is 2.15. The SMILES string of the molecule is Cc1[nH]cc(CCCCCCCCCCCCCCCCCCC(=O)O)[n+]1-c1ccccc1. The highest BCUT2D eigenvalue weighted by Gasteiger charge is 2.15. The maximum Gasteiger partial charge on any atom is 0.303 e. The van der Waals surface area contributed by atoms with Gasteiger partial charge in [-0.25, -0.2) is 4.98 Å². The molecule has 0 aliphatic heterocycles. The fraction of sp³-hybridized carbons (Fsp3) is 0.655. The maximum atomic E-state index is 10.5. The van der Waals surface area contributed by atoms with Crippen molar-refractivity contribution in [3.05, 3.63) is 48.0 Å². The molecular weight excluding hydrogens is 408 g/mol. The molecule has 4 nitrogen and oxygen atoms in total. The predicted octanol–water partition coefficient (Wildman–Crippen LogP) is 7.86. The number of carboxylic acid groups (broad SMARTS) is 1. The Bertz CT molecular complexity index is 754. The Kier molecular flexibility index (Phi) is 14.3. The van der Waals surface area contributed by atoms with Crippen LogP contribution in [0.25, 0.3) is 5.69 Å². The number of imidazole rings is 1. The Hall–Kier alpha value is -2.10. The first-order valence-corrected chi connectivity index (χ1v) is 13.5. The van der Waals surface area contributed by atoms with Crippen LogP contribution in [-0.2, 0) is 11.2 Å². The Morgan fingerprint density at radius 3 is 1.67 bits per heavy atom. The summed E-state index contributed by atoms with van der Waals surface area (Å²) in [6.07, 6.45) is 24.4. The van der Waals surface area contributed by atoms with Gasteiger partial charge in [-0.1, -0.05) is 108 Å². The van der Waals surface area contributed by atoms with Crippen molar-refractivity contribution in [1.29, 1.82) is 0 Å². The Labute approximate surface area is 201 Å². The number of aromatic nitrogens is 2. The molecule has 0 spiro atoms. The van der Waals surface area contributed by atoms with E-state index in [2.05, 4.69) is 53.0 Å². The summed E-state index contributed by atoms with van der Waals surface area (Å²) >= 11 is 0. The van der Waals surface area contributed by atoms with Gasteiger partial charge < -0.3 is 5.11 Å². The van der Waals surface area contributed by atoms with Gasteiger partial charge in [0, 0.05) is 19.8 Å². The Balaban J connectivity index is 1.37. The van der Waals surface area contributed by atoms with Crippen LogP contribution in [0.3, 0.4) is 0 Å². The quantitative estimate of drug-likeness (QED) is 0.158. The van der Waals surface area contributed by atoms with Crippen LogP contribution in [0.5, 0.6) is 0 Å². The lowest BCUT2D eigenvalue weighted by Gasteiger charge is -2.04. The number of aromatic amines is 1. The second-order valence-electron chi connectivity index (χ2n) is 9.59. The number of para-hydroxylation sites is 1. The molecule has 4 heteroatoms. The summed E-state index contributed by atoms with van der Waals surface area (Å²) in [4.78, 5) is 13.9. The summed E-state index contributed by atoms with van der Waals surface area (Å²) in [7, 11) is 0. The molecule has 2 aromatic rings. The molecule has 1 aromatic carbocycles. The number of aliphatic carboxylic acids is 1. The minimum absolute atomic E-state index is 0.335. The van der Waals surface area contributed by atoms with Gasteiger partial charge in [0.25, 0.3) is 5.82 Å². The molecule has 0 aliphatic rings. The third-order valence-electron chi connectivity index (χ3n) is 6.66. The molecule has 2 N–H and O–H groups in total. The molecular formula is C29H47N2O2+. The normalized spacial score (nSPS) is 11.2. The van der Waals surface area contributed by atoms with Gasteiger partial charge in [-0.05, 0) is 25.0 Å². The fourth-order valence-electron chi connectivity index (χ4n) is 4.71. The average molecular weight is 456 g/mol. The van der Waals surface area contributed by atoms with Crippen LogP contribution >= 0.6 is 0 Å². The lowest BCUT2D eigenvalue weighted by molar-refractivity contribution is -0.609. The first-order chi connectivity index (χ1) is 16.2. The highest BCUT2D eigenvalue weighted by atomic mass is 16.4. The largest absolute Gasteiger partial charge is 0.481 e. The summed E-state index contributed by atoms with van der Waals surface area (Å²) in [5.41, 5.74) is 2.64. The van der Waals surface area contributed by atoms with E-state index in [9.17, 15) is 4.79 Å². The Morgan fingerprint density at radius 2 is 1.18 bits per heavy atom. The molecule has 0 amide bonds. The van der Waals surface area contributed by atoms with Crippen molar-refractivity contribution in [2.45, 2.75) is 122 Å². The van der Waals surface area contributed by atoms with E-state index in [1.165, 1.54) is 107 Å². The molecule has 0 radical (unpaired) electrons. The average Bonchev–Trinajstić information content (AvgIpc) is 3.18. The minimum Gasteiger partial charge on any atom is -0.481 e. The molecule has 1 aromatic heterocycles. The van der Waals surface area contributed by atoms with Gasteiger partial charge in [0.2, 0.25) is 0 Å². The monoisotopic (exact) mass is 455 g/mol. The van der Waals surface area contributed by atoms with E-state index in [1.807, 2.05) is 0 Å². The second-order valence-corrected chi connectivity index (χ2v) is 9.59. The van der Waals surface area contributed by atoms with Crippen LogP contribution < -0.4 is 4.57 Å². The molecule has 0 aliphatic carbocycles. The van der Waals surface area contributed by atoms with Crippen molar-refractivity contribution in [2.24, 2.45) is 0 Å². The van der Waals surface area contributed by atoms with Gasteiger partial charge in [-0.2, -0.15) is 4.57 Å². The molecule has 0 bridgehead atoms. The fourth-order valence-corrected chi connectivity index (χ4v) is 4.71. The van der Waals surface area contributed by atoms with E-state index in [1.54, 1.807) is 0 Å². The van der Waals surface area contributed by atoms with Gasteiger partial charge in [-0.15, -0.1) is 0 Å². The number of nitrogens with one attached hydrogen (secondary N) is 1. The molecule has 0 atom stereocenters. The van der Waals surface area contributed by atoms with E-state index in [4.69, 9.17) is 5.11 Å². The van der Waals surface area contributed by atoms with Gasteiger partial charge >= 0.3 is 5.97 Å². The molecule has 0 fully saturated rings. The summed E-state index contributed by atoms with van der Waals surface area (Å²) in [5, 5.41) is 8.62. The third-order valence-corrected chi connectivity index (χ3v) is 6.66. The number of benzene rings is 1. The molecule has 2 rings (SSSR count). The van der Waals surface area contributed by atoms with Crippen LogP contribution in [0.15, 0.2) is 36.5 Å². The first-order valence-electron chi connectivity index (χ1n) is 13.5. The van der Waals surface area contributed by atoms with E-state index >= 15 is 0 Å². The number of unbranched alkanes of at least 4 members (excludes halogenated alkanes) is 15. The highest BCUT2D eigenvalue weighted by molar-refractivity contribution is 5.66. The van der Waals surface area contributed by atoms with Crippen molar-refractivity contribution < 1.29 is 14.5 Å². The number of rotatable bonds is 20. The number of H-pyrrole nitrogens is 1. The van der Waals surface area contributed by atoms with Crippen molar-refractivity contribution >= 4 is 5.97 Å². The first kappa shape index (κ1) is 27.1. The number of carbonyl (C=O) groups is 1. The lowest BCUT2D eigenvalue weighted by Crippen LogP contribution is -2.36. The van der Waals surface area contributed by atoms with Gasteiger partial charge in [-0.3, -0.25) is 4.79 Å². The van der Waals surface area contributed by atoms with Crippen LogP contribution in [0.2, 0.25) is 0 Å². The summed E-state index contributed by atoms with van der Waals surface area (Å²) in [6, 6.07) is 10.6. The number of nitrogens with zero attached hydrogens (tertiary/aromatic N) is 1. The zero-order chi connectivity index (χ0) is 23.6. The number of hydrogen-bond donors (Lipinski definition) is 2. The van der Waals surface area contributed by atoms with E-state index < -0.39 is 5.97 Å². The number of aryl methyl sites for hydroxylation is 2.